The zero-order chi connectivity index (χ0) is 25.1. The van der Waals surface area contributed by atoms with Gasteiger partial charge in [0.2, 0.25) is 21.8 Å². The van der Waals surface area contributed by atoms with E-state index in [1.54, 1.807) is 0 Å². The molecule has 6 N–H and O–H groups in total. The lowest BCUT2D eigenvalue weighted by atomic mass is 10.0. The number of rotatable bonds is 13. The Kier molecular flexibility index (Phi) is 12.7. The summed E-state index contributed by atoms with van der Waals surface area (Å²) in [5, 5.41) is 2.68. The van der Waals surface area contributed by atoms with Crippen LogP contribution >= 0.6 is 12.4 Å². The number of halogens is 1. The summed E-state index contributed by atoms with van der Waals surface area (Å²) < 4.78 is 27.0. The van der Waals surface area contributed by atoms with Crippen molar-refractivity contribution < 1.29 is 22.8 Å². The quantitative estimate of drug-likeness (QED) is 0.117. The van der Waals surface area contributed by atoms with Crippen molar-refractivity contribution in [2.45, 2.75) is 57.2 Å². The zero-order valence-corrected chi connectivity index (χ0v) is 21.4. The summed E-state index contributed by atoms with van der Waals surface area (Å²) in [4.78, 5) is 43.0. The van der Waals surface area contributed by atoms with Gasteiger partial charge in [0, 0.05) is 13.1 Å². The number of hydrogen-bond acceptors (Lipinski definition) is 6. The fraction of sp³-hybridized carbons (Fsp3) is 0.545. The first-order chi connectivity index (χ1) is 16.2. The fourth-order valence-corrected chi connectivity index (χ4v) is 4.59. The van der Waals surface area contributed by atoms with Gasteiger partial charge in [-0.15, -0.1) is 12.4 Å². The lowest BCUT2D eigenvalue weighted by molar-refractivity contribution is -0.140. The van der Waals surface area contributed by atoms with Gasteiger partial charge in [0.1, 0.15) is 18.4 Å². The van der Waals surface area contributed by atoms with Crippen LogP contribution in [-0.2, 0) is 30.8 Å². The number of aldehydes is 1. The Morgan fingerprint density at radius 3 is 2.54 bits per heavy atom. The third-order valence-electron chi connectivity index (χ3n) is 5.58. The van der Waals surface area contributed by atoms with Crippen molar-refractivity contribution >= 4 is 46.5 Å². The maximum absolute atomic E-state index is 13.4. The van der Waals surface area contributed by atoms with Crippen molar-refractivity contribution in [2.24, 2.45) is 16.5 Å². The van der Waals surface area contributed by atoms with Crippen molar-refractivity contribution in [3.63, 3.8) is 0 Å². The highest BCUT2D eigenvalue weighted by molar-refractivity contribution is 7.89. The summed E-state index contributed by atoms with van der Waals surface area (Å²) in [5.74, 6) is -1.12. The van der Waals surface area contributed by atoms with E-state index in [1.807, 2.05) is 30.3 Å². The lowest BCUT2D eigenvalue weighted by Gasteiger charge is -2.29. The fourth-order valence-electron chi connectivity index (χ4n) is 3.81. The van der Waals surface area contributed by atoms with Crippen LogP contribution in [0.2, 0.25) is 0 Å². The minimum atomic E-state index is -3.67. The monoisotopic (exact) mass is 530 g/mol. The molecule has 2 amide bonds. The van der Waals surface area contributed by atoms with Gasteiger partial charge in [0.15, 0.2) is 5.96 Å². The summed E-state index contributed by atoms with van der Waals surface area (Å²) in [5.41, 5.74) is 11.3. The smallest absolute Gasteiger partial charge is 0.243 e. The molecule has 11 nitrogen and oxygen atoms in total. The molecule has 0 radical (unpaired) electrons. The number of likely N-dealkylation sites (tertiary alicyclic amines) is 1. The van der Waals surface area contributed by atoms with Crippen LogP contribution in [0, 0.1) is 0 Å². The predicted molar refractivity (Wildman–Crippen MR) is 136 cm³/mol. The topological polar surface area (TPSA) is 177 Å². The van der Waals surface area contributed by atoms with Crippen molar-refractivity contribution in [1.82, 2.24) is 14.9 Å². The molecule has 1 saturated heterocycles. The molecular formula is C22H35ClN6O5S. The summed E-state index contributed by atoms with van der Waals surface area (Å²) in [6, 6.07) is 6.51. The number of nitrogens with two attached hydrogens (primary N) is 2. The van der Waals surface area contributed by atoms with Gasteiger partial charge in [0.25, 0.3) is 0 Å². The highest BCUT2D eigenvalue weighted by atomic mass is 35.5. The summed E-state index contributed by atoms with van der Waals surface area (Å²) >= 11 is 0. The number of amides is 2. The van der Waals surface area contributed by atoms with Crippen LogP contribution in [-0.4, -0.2) is 74.3 Å². The Labute approximate surface area is 212 Å². The van der Waals surface area contributed by atoms with Crippen LogP contribution in [0.5, 0.6) is 0 Å². The molecule has 1 aliphatic heterocycles. The number of carbonyl (C=O) groups is 3. The van der Waals surface area contributed by atoms with E-state index in [9.17, 15) is 22.8 Å². The summed E-state index contributed by atoms with van der Waals surface area (Å²) in [6.07, 6.45) is 2.66. The largest absolute Gasteiger partial charge is 0.370 e. The first-order valence-electron chi connectivity index (χ1n) is 11.3. The number of guanidine groups is 1. The minimum absolute atomic E-state index is 0. The number of aliphatic imine (C=N–C) groups is 1. The lowest BCUT2D eigenvalue weighted by Crippen LogP contribution is -2.55. The number of sulfonamides is 1. The first kappa shape index (κ1) is 30.3. The van der Waals surface area contributed by atoms with Gasteiger partial charge in [-0.25, -0.2) is 13.1 Å². The third-order valence-corrected chi connectivity index (χ3v) is 6.98. The Bertz CT molecular complexity index is 972. The SMILES string of the molecule is CCS(=O)(=O)N[C@H](Cc1ccccc1)C(=O)N1CCC[C@H]1C(=O)N[C@H](C=O)CCCN=C(N)N.Cl. The van der Waals surface area contributed by atoms with Crippen LogP contribution in [0.3, 0.4) is 0 Å². The number of nitrogens with zero attached hydrogens (tertiary/aromatic N) is 2. The second kappa shape index (κ2) is 14.6. The van der Waals surface area contributed by atoms with Crippen molar-refractivity contribution in [2.75, 3.05) is 18.8 Å². The van der Waals surface area contributed by atoms with E-state index in [1.165, 1.54) is 11.8 Å². The van der Waals surface area contributed by atoms with Gasteiger partial charge in [-0.05, 0) is 44.6 Å². The summed E-state index contributed by atoms with van der Waals surface area (Å²) in [7, 11) is -3.67. The third kappa shape index (κ3) is 9.82. The molecular weight excluding hydrogens is 496 g/mol. The van der Waals surface area contributed by atoms with Crippen molar-refractivity contribution in [1.29, 1.82) is 0 Å². The second-order valence-corrected chi connectivity index (χ2v) is 10.2. The molecule has 196 valence electrons. The second-order valence-electron chi connectivity index (χ2n) is 8.15. The number of carbonyl (C=O) groups excluding carboxylic acids is 3. The van der Waals surface area contributed by atoms with Crippen LogP contribution < -0.4 is 21.5 Å². The van der Waals surface area contributed by atoms with Gasteiger partial charge in [-0.3, -0.25) is 14.6 Å². The van der Waals surface area contributed by atoms with E-state index < -0.39 is 40.0 Å². The normalized spacial score (nSPS) is 17.1. The Morgan fingerprint density at radius 1 is 1.26 bits per heavy atom. The van der Waals surface area contributed by atoms with Gasteiger partial charge in [0.05, 0.1) is 11.8 Å². The van der Waals surface area contributed by atoms with Gasteiger partial charge >= 0.3 is 0 Å². The molecule has 0 unspecified atom stereocenters. The van der Waals surface area contributed by atoms with Crippen LogP contribution in [0.15, 0.2) is 35.3 Å². The molecule has 0 aromatic heterocycles. The number of benzene rings is 1. The Hall–Kier alpha value is -2.70. The molecule has 0 spiro atoms. The van der Waals surface area contributed by atoms with E-state index >= 15 is 0 Å². The van der Waals surface area contributed by atoms with Crippen LogP contribution in [0.25, 0.3) is 0 Å². The minimum Gasteiger partial charge on any atom is -0.370 e. The van der Waals surface area contributed by atoms with Gasteiger partial charge in [-0.1, -0.05) is 30.3 Å². The standard InChI is InChI=1S/C22H34N6O5S.ClH/c1-2-34(32,33)27-18(14-16-8-4-3-5-9-16)21(31)28-13-7-11-19(28)20(30)26-17(15-29)10-6-12-25-22(23)24;/h3-5,8-9,15,17-19,27H,2,6-7,10-14H2,1H3,(H,26,30)(H4,23,24,25);1H/t17-,18+,19-;/m0./s1. The highest BCUT2D eigenvalue weighted by Crippen LogP contribution is 2.20. The maximum Gasteiger partial charge on any atom is 0.243 e. The molecule has 1 fully saturated rings. The number of nitrogens with one attached hydrogen (secondary N) is 2. The maximum atomic E-state index is 13.4. The van der Waals surface area contributed by atoms with Crippen molar-refractivity contribution in [3.05, 3.63) is 35.9 Å². The molecule has 1 aliphatic rings. The van der Waals surface area contributed by atoms with E-state index in [0.717, 1.165) is 5.56 Å². The molecule has 2 rings (SSSR count). The number of hydrogen-bond donors (Lipinski definition) is 4. The molecule has 0 saturated carbocycles. The Balaban J connectivity index is 0.00000612. The molecule has 1 heterocycles. The van der Waals surface area contributed by atoms with E-state index in [0.29, 0.717) is 45.1 Å². The van der Waals surface area contributed by atoms with Crippen LogP contribution in [0.4, 0.5) is 0 Å². The molecule has 3 atom stereocenters. The average Bonchev–Trinajstić information content (AvgIpc) is 3.30. The molecule has 13 heteroatoms. The van der Waals surface area contributed by atoms with Gasteiger partial charge in [-0.2, -0.15) is 0 Å². The zero-order valence-electron chi connectivity index (χ0n) is 19.8. The predicted octanol–water partition coefficient (Wildman–Crippen LogP) is -0.313. The molecule has 1 aromatic carbocycles. The molecule has 1 aromatic rings. The Morgan fingerprint density at radius 2 is 1.94 bits per heavy atom. The molecule has 35 heavy (non-hydrogen) atoms. The van der Waals surface area contributed by atoms with E-state index in [2.05, 4.69) is 15.0 Å². The van der Waals surface area contributed by atoms with Crippen LogP contribution in [0.1, 0.15) is 38.2 Å². The average molecular weight is 531 g/mol. The van der Waals surface area contributed by atoms with Gasteiger partial charge < -0.3 is 26.5 Å². The molecule has 0 aliphatic carbocycles. The summed E-state index contributed by atoms with van der Waals surface area (Å²) in [6.45, 7) is 2.15. The first-order valence-corrected chi connectivity index (χ1v) is 13.0. The van der Waals surface area contributed by atoms with E-state index in [4.69, 9.17) is 11.5 Å². The highest BCUT2D eigenvalue weighted by Gasteiger charge is 2.38. The van der Waals surface area contributed by atoms with Crippen molar-refractivity contribution in [3.8, 4) is 0 Å². The van der Waals surface area contributed by atoms with E-state index in [-0.39, 0.29) is 30.5 Å². The molecule has 0 bridgehead atoms.